The van der Waals surface area contributed by atoms with Crippen LogP contribution < -0.4 is 4.90 Å². The molecule has 0 N–H and O–H groups in total. The van der Waals surface area contributed by atoms with Crippen LogP contribution >= 0.6 is 0 Å². The molecule has 11 aromatic carbocycles. The number of rotatable bonds is 8. The lowest BCUT2D eigenvalue weighted by atomic mass is 9.67. The third kappa shape index (κ3) is 6.08. The molecular weight excluding hydrogens is 771 g/mol. The Morgan fingerprint density at radius 3 is 1.31 bits per heavy atom. The van der Waals surface area contributed by atoms with Crippen LogP contribution in [-0.4, -0.2) is 0 Å². The minimum Gasteiger partial charge on any atom is -0.310 e. The highest BCUT2D eigenvalue weighted by atomic mass is 15.1. The highest BCUT2D eigenvalue weighted by Crippen LogP contribution is 2.58. The van der Waals surface area contributed by atoms with E-state index in [2.05, 4.69) is 266 Å². The normalized spacial score (nSPS) is 12.5. The highest BCUT2D eigenvalue weighted by Gasteiger charge is 2.46. The van der Waals surface area contributed by atoms with Gasteiger partial charge in [-0.1, -0.05) is 224 Å². The quantitative estimate of drug-likeness (QED) is 0.148. The Hall–Kier alpha value is -8.26. The molecule has 0 atom stereocenters. The van der Waals surface area contributed by atoms with E-state index >= 15 is 0 Å². The summed E-state index contributed by atoms with van der Waals surface area (Å²) in [7, 11) is 0. The molecule has 1 aliphatic carbocycles. The summed E-state index contributed by atoms with van der Waals surface area (Å²) in [6.07, 6.45) is 0. The van der Waals surface area contributed by atoms with E-state index in [4.69, 9.17) is 0 Å². The molecule has 0 aromatic heterocycles. The van der Waals surface area contributed by atoms with E-state index in [1.165, 1.54) is 88.3 Å². The van der Waals surface area contributed by atoms with Gasteiger partial charge in [-0.2, -0.15) is 0 Å². The number of hydrogen-bond acceptors (Lipinski definition) is 1. The molecule has 0 bridgehead atoms. The lowest BCUT2D eigenvalue weighted by Crippen LogP contribution is -2.28. The lowest BCUT2D eigenvalue weighted by molar-refractivity contribution is 0.769. The van der Waals surface area contributed by atoms with Gasteiger partial charge in [0.2, 0.25) is 0 Å². The van der Waals surface area contributed by atoms with E-state index in [9.17, 15) is 0 Å². The number of nitrogens with zero attached hydrogens (tertiary/aromatic N) is 1. The average molecular weight is 814 g/mol. The van der Waals surface area contributed by atoms with Crippen LogP contribution in [0.4, 0.5) is 17.1 Å². The second-order valence-electron chi connectivity index (χ2n) is 16.8. The zero-order valence-corrected chi connectivity index (χ0v) is 35.3. The predicted octanol–water partition coefficient (Wildman–Crippen LogP) is 16.8. The maximum absolute atomic E-state index is 2.49. The van der Waals surface area contributed by atoms with Crippen molar-refractivity contribution in [2.45, 2.75) is 5.41 Å². The minimum absolute atomic E-state index is 0.516. The van der Waals surface area contributed by atoms with E-state index in [-0.39, 0.29) is 0 Å². The van der Waals surface area contributed by atoms with Crippen LogP contribution in [0, 0.1) is 0 Å². The zero-order valence-electron chi connectivity index (χ0n) is 35.3. The summed E-state index contributed by atoms with van der Waals surface area (Å²) in [6, 6.07) is 95.8. The van der Waals surface area contributed by atoms with Gasteiger partial charge in [0.15, 0.2) is 0 Å². The first-order valence-electron chi connectivity index (χ1n) is 22.2. The van der Waals surface area contributed by atoms with Crippen molar-refractivity contribution < 1.29 is 0 Å². The van der Waals surface area contributed by atoms with E-state index in [0.717, 1.165) is 17.1 Å². The van der Waals surface area contributed by atoms with Crippen molar-refractivity contribution in [2.24, 2.45) is 0 Å². The van der Waals surface area contributed by atoms with E-state index < -0.39 is 5.41 Å². The standard InChI is InChI=1S/C63H43N/c1-5-17-44(18-6-1)46-29-35-52(36-30-46)64(53-37-31-47(32-38-53)45-19-7-2-8-20-45)61-42-40-54(56-27-15-16-28-57(56)61)49-33-39-58-60(43-49)63(50-22-9-3-10-23-50,51-24-11-4-12-25-51)59-41-34-48-21-13-14-26-55(48)62(58)59/h1-43H. The van der Waals surface area contributed by atoms with Gasteiger partial charge in [0.25, 0.3) is 0 Å². The molecule has 0 spiro atoms. The van der Waals surface area contributed by atoms with Gasteiger partial charge >= 0.3 is 0 Å². The summed E-state index contributed by atoms with van der Waals surface area (Å²) in [4.78, 5) is 2.41. The van der Waals surface area contributed by atoms with Gasteiger partial charge < -0.3 is 4.90 Å². The maximum Gasteiger partial charge on any atom is 0.0714 e. The first kappa shape index (κ1) is 37.5. The summed E-state index contributed by atoms with van der Waals surface area (Å²) in [5.41, 5.74) is 17.8. The molecule has 0 radical (unpaired) electrons. The Kier molecular flexibility index (Phi) is 9.13. The number of fused-ring (bicyclic) bond motifs is 6. The fraction of sp³-hybridized carbons (Fsp3) is 0.0159. The zero-order chi connectivity index (χ0) is 42.5. The summed E-state index contributed by atoms with van der Waals surface area (Å²) in [5, 5.41) is 4.93. The Morgan fingerprint density at radius 1 is 0.281 bits per heavy atom. The number of hydrogen-bond donors (Lipinski definition) is 0. The number of benzene rings is 11. The van der Waals surface area contributed by atoms with Crippen LogP contribution in [0.1, 0.15) is 22.3 Å². The second kappa shape index (κ2) is 15.6. The van der Waals surface area contributed by atoms with Crippen molar-refractivity contribution in [1.29, 1.82) is 0 Å². The molecular formula is C63H43N. The van der Waals surface area contributed by atoms with Crippen LogP contribution in [0.3, 0.4) is 0 Å². The van der Waals surface area contributed by atoms with E-state index in [1.807, 2.05) is 0 Å². The van der Waals surface area contributed by atoms with Crippen LogP contribution in [0.2, 0.25) is 0 Å². The van der Waals surface area contributed by atoms with E-state index in [1.54, 1.807) is 0 Å². The first-order chi connectivity index (χ1) is 31.8. The fourth-order valence-electron chi connectivity index (χ4n) is 10.4. The fourth-order valence-corrected chi connectivity index (χ4v) is 10.4. The van der Waals surface area contributed by atoms with Gasteiger partial charge in [-0.25, -0.2) is 0 Å². The van der Waals surface area contributed by atoms with E-state index in [0.29, 0.717) is 0 Å². The minimum atomic E-state index is -0.516. The molecule has 1 heteroatoms. The molecule has 0 amide bonds. The second-order valence-corrected chi connectivity index (χ2v) is 16.8. The van der Waals surface area contributed by atoms with Gasteiger partial charge in [0.1, 0.15) is 0 Å². The molecule has 12 rings (SSSR count). The van der Waals surface area contributed by atoms with Crippen molar-refractivity contribution in [2.75, 3.05) is 4.90 Å². The van der Waals surface area contributed by atoms with Crippen molar-refractivity contribution in [3.8, 4) is 44.5 Å². The topological polar surface area (TPSA) is 3.24 Å². The molecule has 11 aromatic rings. The van der Waals surface area contributed by atoms with Crippen LogP contribution in [0.25, 0.3) is 66.1 Å². The third-order valence-electron chi connectivity index (χ3n) is 13.4. The van der Waals surface area contributed by atoms with Crippen LogP contribution in [0.5, 0.6) is 0 Å². The van der Waals surface area contributed by atoms with Gasteiger partial charge in [-0.15, -0.1) is 0 Å². The predicted molar refractivity (Wildman–Crippen MR) is 270 cm³/mol. The van der Waals surface area contributed by atoms with Crippen LogP contribution in [-0.2, 0) is 5.41 Å². The Bertz CT molecular complexity index is 3330. The Morgan fingerprint density at radius 2 is 0.734 bits per heavy atom. The van der Waals surface area contributed by atoms with Crippen molar-refractivity contribution in [1.82, 2.24) is 0 Å². The molecule has 0 unspecified atom stereocenters. The Labute approximate surface area is 374 Å². The molecule has 1 aliphatic rings. The summed E-state index contributed by atoms with van der Waals surface area (Å²) in [5.74, 6) is 0. The average Bonchev–Trinajstić information content (AvgIpc) is 3.69. The third-order valence-corrected chi connectivity index (χ3v) is 13.4. The molecule has 0 fully saturated rings. The van der Waals surface area contributed by atoms with Gasteiger partial charge in [-0.3, -0.25) is 0 Å². The van der Waals surface area contributed by atoms with Crippen molar-refractivity contribution in [3.05, 3.63) is 283 Å². The monoisotopic (exact) mass is 813 g/mol. The van der Waals surface area contributed by atoms with Crippen molar-refractivity contribution >= 4 is 38.6 Å². The summed E-state index contributed by atoms with van der Waals surface area (Å²) < 4.78 is 0. The van der Waals surface area contributed by atoms with Gasteiger partial charge in [0, 0.05) is 16.8 Å². The largest absolute Gasteiger partial charge is 0.310 e. The van der Waals surface area contributed by atoms with Gasteiger partial charge in [-0.05, 0) is 119 Å². The molecule has 0 saturated carbocycles. The number of anilines is 3. The smallest absolute Gasteiger partial charge is 0.0714 e. The van der Waals surface area contributed by atoms with Crippen LogP contribution in [0.15, 0.2) is 261 Å². The SMILES string of the molecule is c1ccc(-c2ccc(N(c3ccc(-c4ccccc4)cc3)c3ccc(-c4ccc5c(c4)C(c4ccccc4)(c4ccccc4)c4ccc6ccccc6c4-5)c4ccccc34)cc2)cc1. The molecule has 1 nitrogen and oxygen atoms in total. The molecule has 300 valence electrons. The highest BCUT2D eigenvalue weighted by molar-refractivity contribution is 6.08. The first-order valence-corrected chi connectivity index (χ1v) is 22.2. The Balaban J connectivity index is 1.05. The van der Waals surface area contributed by atoms with Crippen molar-refractivity contribution in [3.63, 3.8) is 0 Å². The molecule has 0 aliphatic heterocycles. The van der Waals surface area contributed by atoms with Gasteiger partial charge in [0.05, 0.1) is 11.1 Å². The molecule has 64 heavy (non-hydrogen) atoms. The molecule has 0 saturated heterocycles. The lowest BCUT2D eigenvalue weighted by Gasteiger charge is -2.34. The summed E-state index contributed by atoms with van der Waals surface area (Å²) >= 11 is 0. The summed E-state index contributed by atoms with van der Waals surface area (Å²) in [6.45, 7) is 0. The maximum atomic E-state index is 2.49. The molecule has 0 heterocycles.